The van der Waals surface area contributed by atoms with Crippen molar-refractivity contribution in [2.75, 3.05) is 25.6 Å². The van der Waals surface area contributed by atoms with Crippen molar-refractivity contribution in [3.63, 3.8) is 0 Å². The number of carbonyl (C=O) groups excluding carboxylic acids is 1. The van der Waals surface area contributed by atoms with Crippen LogP contribution in [-0.4, -0.2) is 37.4 Å². The molecule has 27 heavy (non-hydrogen) atoms. The van der Waals surface area contributed by atoms with E-state index in [1.807, 2.05) is 6.07 Å². The van der Waals surface area contributed by atoms with Gasteiger partial charge in [0.2, 0.25) is 0 Å². The van der Waals surface area contributed by atoms with E-state index in [1.54, 1.807) is 12.1 Å². The van der Waals surface area contributed by atoms with E-state index in [0.717, 1.165) is 3.57 Å². The van der Waals surface area contributed by atoms with Crippen molar-refractivity contribution in [1.29, 1.82) is 0 Å². The molecule has 0 spiro atoms. The second-order valence-electron chi connectivity index (χ2n) is 5.41. The lowest BCUT2D eigenvalue weighted by Gasteiger charge is -2.15. The van der Waals surface area contributed by atoms with Crippen LogP contribution in [0, 0.1) is 9.39 Å². The Morgan fingerprint density at radius 1 is 1.33 bits per heavy atom. The van der Waals surface area contributed by atoms with Gasteiger partial charge < -0.3 is 15.2 Å². The van der Waals surface area contributed by atoms with E-state index in [2.05, 4.69) is 49.3 Å². The number of hydrogen-bond donors (Lipinski definition) is 3. The standard InChI is InChI=1S/C17H16BrClFIN2O4/c1-26-7-10(24)8-27-23-17(25)11-5-12(18)14(20)6-16(11)22-15-3-2-9(21)4-13(15)19/h2-6,10,22,24H,7-8H2,1H3,(H,23,25). The number of benzene rings is 2. The van der Waals surface area contributed by atoms with Crippen molar-refractivity contribution in [3.8, 4) is 0 Å². The second kappa shape index (κ2) is 10.5. The summed E-state index contributed by atoms with van der Waals surface area (Å²) in [5, 5.41) is 12.9. The Morgan fingerprint density at radius 3 is 2.74 bits per heavy atom. The van der Waals surface area contributed by atoms with Gasteiger partial charge >= 0.3 is 0 Å². The van der Waals surface area contributed by atoms with E-state index in [1.165, 1.54) is 19.2 Å². The lowest BCUT2D eigenvalue weighted by atomic mass is 10.1. The highest BCUT2D eigenvalue weighted by Crippen LogP contribution is 2.31. The molecule has 0 heterocycles. The highest BCUT2D eigenvalue weighted by atomic mass is 127. The van der Waals surface area contributed by atoms with E-state index in [-0.39, 0.29) is 28.9 Å². The summed E-state index contributed by atoms with van der Waals surface area (Å²) in [5.41, 5.74) is 3.06. The van der Waals surface area contributed by atoms with E-state index >= 15 is 0 Å². The van der Waals surface area contributed by atoms with Crippen LogP contribution in [-0.2, 0) is 9.57 Å². The molecular formula is C17H16BrClFIN2O4. The SMILES string of the molecule is COCC(O)CONC(=O)c1cc(Br)c(F)cc1Nc1ccc(I)cc1Cl. The van der Waals surface area contributed by atoms with Crippen molar-refractivity contribution in [1.82, 2.24) is 5.48 Å². The topological polar surface area (TPSA) is 79.8 Å². The first-order valence-electron chi connectivity index (χ1n) is 7.62. The number of halogens is 4. The lowest BCUT2D eigenvalue weighted by molar-refractivity contribution is -0.0365. The number of hydrogen-bond acceptors (Lipinski definition) is 5. The third-order valence-electron chi connectivity index (χ3n) is 3.31. The van der Waals surface area contributed by atoms with Crippen LogP contribution in [0.4, 0.5) is 15.8 Å². The minimum Gasteiger partial charge on any atom is -0.388 e. The molecule has 0 aliphatic carbocycles. The molecule has 3 N–H and O–H groups in total. The van der Waals surface area contributed by atoms with Gasteiger partial charge in [0.05, 0.1) is 33.0 Å². The normalized spacial score (nSPS) is 11.9. The summed E-state index contributed by atoms with van der Waals surface area (Å²) in [4.78, 5) is 17.4. The summed E-state index contributed by atoms with van der Waals surface area (Å²) >= 11 is 11.4. The average Bonchev–Trinajstić information content (AvgIpc) is 2.60. The minimum atomic E-state index is -0.890. The Kier molecular flexibility index (Phi) is 8.70. The van der Waals surface area contributed by atoms with Gasteiger partial charge in [-0.3, -0.25) is 9.63 Å². The Morgan fingerprint density at radius 2 is 2.07 bits per heavy atom. The Labute approximate surface area is 182 Å². The molecule has 0 aromatic heterocycles. The van der Waals surface area contributed by atoms with Crippen LogP contribution >= 0.6 is 50.1 Å². The largest absolute Gasteiger partial charge is 0.388 e. The van der Waals surface area contributed by atoms with Gasteiger partial charge in [-0.25, -0.2) is 9.87 Å². The number of rotatable bonds is 8. The Hall–Kier alpha value is -0.980. The fraction of sp³-hybridized carbons (Fsp3) is 0.235. The molecular weight excluding hydrogens is 557 g/mol. The summed E-state index contributed by atoms with van der Waals surface area (Å²) in [6, 6.07) is 7.78. The molecule has 0 bridgehead atoms. The first kappa shape index (κ1) is 22.3. The predicted octanol–water partition coefficient (Wildman–Crippen LogP) is 4.26. The zero-order valence-electron chi connectivity index (χ0n) is 14.1. The number of carbonyl (C=O) groups is 1. The number of hydroxylamine groups is 1. The molecule has 0 fully saturated rings. The third-order valence-corrected chi connectivity index (χ3v) is 4.90. The molecule has 2 aromatic carbocycles. The van der Waals surface area contributed by atoms with Crippen molar-refractivity contribution >= 4 is 67.4 Å². The van der Waals surface area contributed by atoms with E-state index in [4.69, 9.17) is 21.2 Å². The smallest absolute Gasteiger partial charge is 0.276 e. The quantitative estimate of drug-likeness (QED) is 0.325. The highest BCUT2D eigenvalue weighted by molar-refractivity contribution is 14.1. The number of methoxy groups -OCH3 is 1. The van der Waals surface area contributed by atoms with E-state index < -0.39 is 17.8 Å². The zero-order valence-corrected chi connectivity index (χ0v) is 18.6. The molecule has 0 aliphatic heterocycles. The molecule has 0 saturated heterocycles. The lowest BCUT2D eigenvalue weighted by Crippen LogP contribution is -2.30. The number of ether oxygens (including phenoxy) is 1. The van der Waals surface area contributed by atoms with Gasteiger partial charge in [0, 0.05) is 10.7 Å². The van der Waals surface area contributed by atoms with E-state index in [0.29, 0.717) is 10.7 Å². The predicted molar refractivity (Wildman–Crippen MR) is 113 cm³/mol. The molecule has 6 nitrogen and oxygen atoms in total. The fourth-order valence-electron chi connectivity index (χ4n) is 2.07. The van der Waals surface area contributed by atoms with Gasteiger partial charge in [-0.2, -0.15) is 0 Å². The highest BCUT2D eigenvalue weighted by Gasteiger charge is 2.17. The first-order chi connectivity index (χ1) is 12.8. The summed E-state index contributed by atoms with van der Waals surface area (Å²) in [5.74, 6) is -1.17. The number of anilines is 2. The van der Waals surface area contributed by atoms with Crippen molar-refractivity contribution < 1.29 is 23.9 Å². The van der Waals surface area contributed by atoms with E-state index in [9.17, 15) is 14.3 Å². The van der Waals surface area contributed by atoms with Gasteiger partial charge in [-0.1, -0.05) is 11.6 Å². The van der Waals surface area contributed by atoms with Crippen LogP contribution in [0.2, 0.25) is 5.02 Å². The second-order valence-corrected chi connectivity index (χ2v) is 7.92. The molecule has 10 heteroatoms. The molecule has 0 radical (unpaired) electrons. The molecule has 1 amide bonds. The van der Waals surface area contributed by atoms with Crippen molar-refractivity contribution in [2.45, 2.75) is 6.10 Å². The van der Waals surface area contributed by atoms with Gasteiger partial charge in [-0.05, 0) is 68.9 Å². The van der Waals surface area contributed by atoms with Crippen LogP contribution in [0.5, 0.6) is 0 Å². The van der Waals surface area contributed by atoms with Crippen LogP contribution < -0.4 is 10.8 Å². The van der Waals surface area contributed by atoms with Gasteiger partial charge in [0.25, 0.3) is 5.91 Å². The number of aliphatic hydroxyl groups excluding tert-OH is 1. The first-order valence-corrected chi connectivity index (χ1v) is 9.87. The van der Waals surface area contributed by atoms with Crippen molar-refractivity contribution in [3.05, 3.63) is 54.8 Å². The van der Waals surface area contributed by atoms with Crippen LogP contribution in [0.25, 0.3) is 0 Å². The van der Waals surface area contributed by atoms with Gasteiger partial charge in [0.1, 0.15) is 18.5 Å². The Bertz CT molecular complexity index is 828. The number of amides is 1. The fourth-order valence-corrected chi connectivity index (χ4v) is 3.32. The molecule has 146 valence electrons. The maximum absolute atomic E-state index is 14.0. The number of nitrogens with one attached hydrogen (secondary N) is 2. The van der Waals surface area contributed by atoms with Gasteiger partial charge in [0.15, 0.2) is 0 Å². The Balaban J connectivity index is 2.19. The maximum atomic E-state index is 14.0. The van der Waals surface area contributed by atoms with Crippen molar-refractivity contribution in [2.24, 2.45) is 0 Å². The van der Waals surface area contributed by atoms with Crippen LogP contribution in [0.1, 0.15) is 10.4 Å². The molecule has 2 aromatic rings. The maximum Gasteiger partial charge on any atom is 0.276 e. The van der Waals surface area contributed by atoms with Gasteiger partial charge in [-0.15, -0.1) is 0 Å². The third kappa shape index (κ3) is 6.54. The molecule has 0 saturated carbocycles. The average molecular weight is 574 g/mol. The zero-order chi connectivity index (χ0) is 20.0. The molecule has 1 unspecified atom stereocenters. The summed E-state index contributed by atoms with van der Waals surface area (Å²) in [6.07, 6.45) is -0.890. The summed E-state index contributed by atoms with van der Waals surface area (Å²) in [7, 11) is 1.44. The molecule has 0 aliphatic rings. The van der Waals surface area contributed by atoms with Crippen LogP contribution in [0.15, 0.2) is 34.8 Å². The minimum absolute atomic E-state index is 0.0656. The van der Waals surface area contributed by atoms with Crippen LogP contribution in [0.3, 0.4) is 0 Å². The molecule has 2 rings (SSSR count). The number of aliphatic hydroxyl groups is 1. The summed E-state index contributed by atoms with van der Waals surface area (Å²) in [6.45, 7) is -0.0935. The molecule has 1 atom stereocenters. The monoisotopic (exact) mass is 572 g/mol. The summed E-state index contributed by atoms with van der Waals surface area (Å²) < 4.78 is 19.8.